The number of halogens is 1. The third kappa shape index (κ3) is 1.81. The molecular formula is C11H10BrN3. The summed E-state index contributed by atoms with van der Waals surface area (Å²) < 4.78 is 1.05. The molecule has 0 saturated heterocycles. The number of hydrogen-bond acceptors (Lipinski definition) is 2. The minimum atomic E-state index is 0.624. The molecule has 2 aromatic rings. The summed E-state index contributed by atoms with van der Waals surface area (Å²) in [6.07, 6.45) is 2.49. The van der Waals surface area contributed by atoms with Crippen LogP contribution < -0.4 is 0 Å². The molecule has 0 atom stereocenters. The zero-order valence-corrected chi connectivity index (χ0v) is 9.66. The Balaban J connectivity index is 1.97. The number of aromatic nitrogens is 3. The molecule has 15 heavy (non-hydrogen) atoms. The maximum Gasteiger partial charge on any atom is 0.181 e. The fraction of sp³-hybridized carbons (Fsp3) is 0.273. The molecule has 1 heterocycles. The van der Waals surface area contributed by atoms with Crippen LogP contribution in [0.15, 0.2) is 28.7 Å². The monoisotopic (exact) mass is 263 g/mol. The van der Waals surface area contributed by atoms with Crippen LogP contribution in [0.25, 0.3) is 11.4 Å². The third-order valence-corrected chi connectivity index (χ3v) is 3.04. The lowest BCUT2D eigenvalue weighted by molar-refractivity contribution is 0.935. The summed E-state index contributed by atoms with van der Waals surface area (Å²) in [6.45, 7) is 0. The number of H-pyrrole nitrogens is 1. The summed E-state index contributed by atoms with van der Waals surface area (Å²) in [5.41, 5.74) is 1.05. The van der Waals surface area contributed by atoms with Crippen molar-refractivity contribution >= 4 is 15.9 Å². The van der Waals surface area contributed by atoms with Gasteiger partial charge in [-0.05, 0) is 25.0 Å². The lowest BCUT2D eigenvalue weighted by Gasteiger charge is -1.94. The largest absolute Gasteiger partial charge is 0.262 e. The van der Waals surface area contributed by atoms with E-state index in [9.17, 15) is 0 Å². The lowest BCUT2D eigenvalue weighted by atomic mass is 10.2. The van der Waals surface area contributed by atoms with Crippen LogP contribution in [0.5, 0.6) is 0 Å². The van der Waals surface area contributed by atoms with Gasteiger partial charge < -0.3 is 0 Å². The van der Waals surface area contributed by atoms with E-state index in [2.05, 4.69) is 31.1 Å². The van der Waals surface area contributed by atoms with Crippen LogP contribution in [-0.4, -0.2) is 15.2 Å². The lowest BCUT2D eigenvalue weighted by Crippen LogP contribution is -1.82. The molecule has 3 rings (SSSR count). The summed E-state index contributed by atoms with van der Waals surface area (Å²) in [5.74, 6) is 2.45. The summed E-state index contributed by atoms with van der Waals surface area (Å²) in [7, 11) is 0. The average molecular weight is 264 g/mol. The first-order valence-electron chi connectivity index (χ1n) is 5.01. The van der Waals surface area contributed by atoms with Gasteiger partial charge in [-0.1, -0.05) is 28.1 Å². The van der Waals surface area contributed by atoms with Gasteiger partial charge in [0.2, 0.25) is 0 Å². The molecule has 0 radical (unpaired) electrons. The number of nitrogens with one attached hydrogen (secondary N) is 1. The summed E-state index contributed by atoms with van der Waals surface area (Å²) in [5, 5.41) is 7.24. The maximum atomic E-state index is 4.50. The van der Waals surface area contributed by atoms with Crippen molar-refractivity contribution < 1.29 is 0 Å². The van der Waals surface area contributed by atoms with E-state index in [4.69, 9.17) is 0 Å². The molecule has 1 fully saturated rings. The van der Waals surface area contributed by atoms with E-state index in [0.29, 0.717) is 5.92 Å². The predicted molar refractivity (Wildman–Crippen MR) is 61.5 cm³/mol. The van der Waals surface area contributed by atoms with Gasteiger partial charge in [-0.3, -0.25) is 5.10 Å². The highest BCUT2D eigenvalue weighted by atomic mass is 79.9. The first-order chi connectivity index (χ1) is 7.33. The van der Waals surface area contributed by atoms with Gasteiger partial charge in [0.15, 0.2) is 5.82 Å². The molecule has 1 N–H and O–H groups in total. The van der Waals surface area contributed by atoms with Crippen LogP contribution in [0.1, 0.15) is 24.6 Å². The third-order valence-electron chi connectivity index (χ3n) is 2.55. The van der Waals surface area contributed by atoms with Gasteiger partial charge in [-0.25, -0.2) is 4.98 Å². The number of aromatic amines is 1. The van der Waals surface area contributed by atoms with Gasteiger partial charge in [-0.2, -0.15) is 5.10 Å². The number of benzene rings is 1. The Hall–Kier alpha value is -1.16. The standard InChI is InChI=1S/C11H10BrN3/c12-9-3-1-2-8(6-9)11-13-10(14-15-11)7-4-5-7/h1-3,6-7H,4-5H2,(H,13,14,15). The molecule has 0 spiro atoms. The number of rotatable bonds is 2. The molecule has 0 aliphatic heterocycles. The van der Waals surface area contributed by atoms with Gasteiger partial charge in [-0.15, -0.1) is 0 Å². The predicted octanol–water partition coefficient (Wildman–Crippen LogP) is 3.11. The molecule has 76 valence electrons. The van der Waals surface area contributed by atoms with Crippen molar-refractivity contribution in [3.05, 3.63) is 34.6 Å². The van der Waals surface area contributed by atoms with Crippen LogP contribution in [0.3, 0.4) is 0 Å². The van der Waals surface area contributed by atoms with Crippen molar-refractivity contribution in [1.29, 1.82) is 0 Å². The molecule has 0 bridgehead atoms. The fourth-order valence-electron chi connectivity index (χ4n) is 1.57. The van der Waals surface area contributed by atoms with E-state index in [1.165, 1.54) is 12.8 Å². The van der Waals surface area contributed by atoms with Crippen LogP contribution in [0, 0.1) is 0 Å². The van der Waals surface area contributed by atoms with E-state index in [1.807, 2.05) is 24.3 Å². The Bertz CT molecular complexity index is 488. The van der Waals surface area contributed by atoms with Gasteiger partial charge in [0, 0.05) is 16.0 Å². The Morgan fingerprint density at radius 3 is 2.93 bits per heavy atom. The Morgan fingerprint density at radius 1 is 1.33 bits per heavy atom. The zero-order valence-electron chi connectivity index (χ0n) is 8.07. The number of hydrogen-bond donors (Lipinski definition) is 1. The van der Waals surface area contributed by atoms with E-state index < -0.39 is 0 Å². The van der Waals surface area contributed by atoms with Crippen molar-refractivity contribution in [1.82, 2.24) is 15.2 Å². The van der Waals surface area contributed by atoms with Crippen LogP contribution in [-0.2, 0) is 0 Å². The number of nitrogens with zero attached hydrogens (tertiary/aromatic N) is 2. The van der Waals surface area contributed by atoms with Gasteiger partial charge in [0.25, 0.3) is 0 Å². The fourth-order valence-corrected chi connectivity index (χ4v) is 1.97. The van der Waals surface area contributed by atoms with Crippen LogP contribution in [0.2, 0.25) is 0 Å². The summed E-state index contributed by atoms with van der Waals surface area (Å²) in [6, 6.07) is 8.04. The highest BCUT2D eigenvalue weighted by Crippen LogP contribution is 2.38. The molecule has 0 amide bonds. The topological polar surface area (TPSA) is 41.6 Å². The molecule has 4 heteroatoms. The van der Waals surface area contributed by atoms with E-state index in [1.54, 1.807) is 0 Å². The molecule has 1 aliphatic rings. The highest BCUT2D eigenvalue weighted by molar-refractivity contribution is 9.10. The molecule has 1 aromatic carbocycles. The highest BCUT2D eigenvalue weighted by Gasteiger charge is 2.27. The first kappa shape index (κ1) is 9.09. The van der Waals surface area contributed by atoms with Crippen molar-refractivity contribution in [3.8, 4) is 11.4 Å². The second-order valence-corrected chi connectivity index (χ2v) is 4.74. The van der Waals surface area contributed by atoms with E-state index in [-0.39, 0.29) is 0 Å². The van der Waals surface area contributed by atoms with E-state index >= 15 is 0 Å². The Morgan fingerprint density at radius 2 is 2.20 bits per heavy atom. The molecule has 1 aromatic heterocycles. The quantitative estimate of drug-likeness (QED) is 0.905. The van der Waals surface area contributed by atoms with Crippen molar-refractivity contribution in [2.75, 3.05) is 0 Å². The second-order valence-electron chi connectivity index (χ2n) is 3.83. The normalized spacial score (nSPS) is 15.5. The molecule has 1 aliphatic carbocycles. The smallest absolute Gasteiger partial charge is 0.181 e. The van der Waals surface area contributed by atoms with Crippen LogP contribution in [0.4, 0.5) is 0 Å². The summed E-state index contributed by atoms with van der Waals surface area (Å²) >= 11 is 3.44. The summed E-state index contributed by atoms with van der Waals surface area (Å²) in [4.78, 5) is 4.50. The zero-order chi connectivity index (χ0) is 10.3. The second kappa shape index (κ2) is 3.45. The van der Waals surface area contributed by atoms with Crippen molar-refractivity contribution in [2.45, 2.75) is 18.8 Å². The molecule has 3 nitrogen and oxygen atoms in total. The Kier molecular flexibility index (Phi) is 2.09. The van der Waals surface area contributed by atoms with Crippen molar-refractivity contribution in [2.24, 2.45) is 0 Å². The first-order valence-corrected chi connectivity index (χ1v) is 5.80. The Labute approximate surface area is 96.1 Å². The maximum absolute atomic E-state index is 4.50. The molecule has 1 saturated carbocycles. The van der Waals surface area contributed by atoms with Gasteiger partial charge in [0.1, 0.15) is 5.82 Å². The van der Waals surface area contributed by atoms with E-state index in [0.717, 1.165) is 21.7 Å². The average Bonchev–Trinajstić information content (AvgIpc) is 2.97. The van der Waals surface area contributed by atoms with Gasteiger partial charge in [0.05, 0.1) is 0 Å². The van der Waals surface area contributed by atoms with Gasteiger partial charge >= 0.3 is 0 Å². The molecule has 0 unspecified atom stereocenters. The minimum absolute atomic E-state index is 0.624. The minimum Gasteiger partial charge on any atom is -0.262 e. The molecular weight excluding hydrogens is 254 g/mol. The van der Waals surface area contributed by atoms with Crippen molar-refractivity contribution in [3.63, 3.8) is 0 Å². The SMILES string of the molecule is Brc1cccc(-c2n[nH]c(C3CC3)n2)c1. The van der Waals surface area contributed by atoms with Crippen LogP contribution >= 0.6 is 15.9 Å².